The van der Waals surface area contributed by atoms with Crippen LogP contribution in [-0.2, 0) is 4.79 Å². The Kier molecular flexibility index (Phi) is 3.25. The van der Waals surface area contributed by atoms with E-state index in [-0.39, 0.29) is 5.97 Å². The highest BCUT2D eigenvalue weighted by molar-refractivity contribution is 5.80. The summed E-state index contributed by atoms with van der Waals surface area (Å²) in [6.07, 6.45) is 4.58. The molecule has 0 radical (unpaired) electrons. The van der Waals surface area contributed by atoms with Crippen molar-refractivity contribution in [2.24, 2.45) is 5.10 Å². The fourth-order valence-corrected chi connectivity index (χ4v) is 1.21. The fraction of sp³-hybridized carbons (Fsp3) is 0.0909. The normalized spacial score (nSPS) is 10.6. The lowest BCUT2D eigenvalue weighted by Gasteiger charge is -2.01. The van der Waals surface area contributed by atoms with Crippen molar-refractivity contribution >= 4 is 12.2 Å². The zero-order valence-electron chi connectivity index (χ0n) is 9.15. The van der Waals surface area contributed by atoms with Crippen molar-refractivity contribution in [2.75, 3.05) is 0 Å². The number of benzene rings is 1. The quantitative estimate of drug-likeness (QED) is 0.449. The van der Waals surface area contributed by atoms with E-state index in [1.807, 2.05) is 6.07 Å². The van der Waals surface area contributed by atoms with Gasteiger partial charge in [0.05, 0.1) is 6.21 Å². The summed E-state index contributed by atoms with van der Waals surface area (Å²) >= 11 is 0. The molecule has 6 nitrogen and oxygen atoms in total. The Bertz CT molecular complexity index is 534. The Morgan fingerprint density at radius 2 is 2.18 bits per heavy atom. The maximum Gasteiger partial charge on any atom is 0.308 e. The van der Waals surface area contributed by atoms with Gasteiger partial charge in [0.2, 0.25) is 0 Å². The largest absolute Gasteiger partial charge is 0.427 e. The van der Waals surface area contributed by atoms with Gasteiger partial charge in [-0.3, -0.25) is 4.79 Å². The van der Waals surface area contributed by atoms with E-state index in [2.05, 4.69) is 15.3 Å². The van der Waals surface area contributed by atoms with Crippen molar-refractivity contribution in [3.8, 4) is 5.75 Å². The molecule has 86 valence electrons. The smallest absolute Gasteiger partial charge is 0.308 e. The summed E-state index contributed by atoms with van der Waals surface area (Å²) in [7, 11) is 0. The molecule has 0 spiro atoms. The lowest BCUT2D eigenvalue weighted by molar-refractivity contribution is -0.131. The van der Waals surface area contributed by atoms with Gasteiger partial charge in [-0.05, 0) is 17.7 Å². The molecule has 0 bridgehead atoms. The van der Waals surface area contributed by atoms with Crippen LogP contribution in [0.4, 0.5) is 0 Å². The minimum atomic E-state index is -0.349. The van der Waals surface area contributed by atoms with Crippen LogP contribution in [0.15, 0.2) is 42.0 Å². The monoisotopic (exact) mass is 230 g/mol. The maximum absolute atomic E-state index is 10.8. The van der Waals surface area contributed by atoms with E-state index < -0.39 is 0 Å². The number of esters is 1. The molecule has 17 heavy (non-hydrogen) atoms. The van der Waals surface area contributed by atoms with Crippen LogP contribution < -0.4 is 4.74 Å². The number of carbonyl (C=O) groups is 1. The molecule has 2 rings (SSSR count). The first kappa shape index (κ1) is 11.0. The molecule has 0 aliphatic carbocycles. The summed E-state index contributed by atoms with van der Waals surface area (Å²) < 4.78 is 6.43. The molecular weight excluding hydrogens is 220 g/mol. The average Bonchev–Trinajstić information content (AvgIpc) is 2.79. The molecule has 0 aliphatic heterocycles. The number of aromatic nitrogens is 3. The van der Waals surface area contributed by atoms with Crippen molar-refractivity contribution in [3.63, 3.8) is 0 Å². The number of nitrogens with zero attached hydrogens (tertiary/aromatic N) is 4. The Balaban J connectivity index is 2.13. The van der Waals surface area contributed by atoms with E-state index in [0.717, 1.165) is 5.56 Å². The highest BCUT2D eigenvalue weighted by Crippen LogP contribution is 2.12. The van der Waals surface area contributed by atoms with Gasteiger partial charge in [0.1, 0.15) is 18.4 Å². The number of hydrogen-bond donors (Lipinski definition) is 0. The molecule has 1 aromatic heterocycles. The SMILES string of the molecule is CC(=O)Oc1cccc(C=Nn2cnnc2)c1. The highest BCUT2D eigenvalue weighted by Gasteiger charge is 1.98. The molecule has 0 N–H and O–H groups in total. The molecule has 0 atom stereocenters. The number of rotatable bonds is 3. The zero-order valence-corrected chi connectivity index (χ0v) is 9.15. The van der Waals surface area contributed by atoms with Gasteiger partial charge in [-0.25, -0.2) is 4.68 Å². The minimum Gasteiger partial charge on any atom is -0.427 e. The lowest BCUT2D eigenvalue weighted by atomic mass is 10.2. The molecule has 1 aromatic carbocycles. The van der Waals surface area contributed by atoms with Crippen molar-refractivity contribution in [2.45, 2.75) is 6.92 Å². The van der Waals surface area contributed by atoms with E-state index in [4.69, 9.17) is 4.74 Å². The van der Waals surface area contributed by atoms with Crippen LogP contribution in [-0.4, -0.2) is 27.1 Å². The number of ether oxygens (including phenoxy) is 1. The van der Waals surface area contributed by atoms with Gasteiger partial charge in [0, 0.05) is 6.92 Å². The minimum absolute atomic E-state index is 0.349. The second-order valence-electron chi connectivity index (χ2n) is 3.25. The Hall–Kier alpha value is -2.50. The second kappa shape index (κ2) is 5.02. The van der Waals surface area contributed by atoms with E-state index >= 15 is 0 Å². The summed E-state index contributed by atoms with van der Waals surface area (Å²) in [5.74, 6) is 0.142. The van der Waals surface area contributed by atoms with Crippen LogP contribution >= 0.6 is 0 Å². The molecule has 2 aromatic rings. The van der Waals surface area contributed by atoms with Gasteiger partial charge in [-0.1, -0.05) is 12.1 Å². The average molecular weight is 230 g/mol. The van der Waals surface area contributed by atoms with Crippen LogP contribution in [0, 0.1) is 0 Å². The maximum atomic E-state index is 10.8. The van der Waals surface area contributed by atoms with Crippen LogP contribution in [0.1, 0.15) is 12.5 Å². The Morgan fingerprint density at radius 3 is 2.88 bits per heavy atom. The third-order valence-electron chi connectivity index (χ3n) is 1.87. The predicted octanol–water partition coefficient (Wildman–Crippen LogP) is 1.09. The molecule has 0 unspecified atom stereocenters. The van der Waals surface area contributed by atoms with Crippen molar-refractivity contribution in [3.05, 3.63) is 42.5 Å². The van der Waals surface area contributed by atoms with Crippen LogP contribution in [0.5, 0.6) is 5.75 Å². The second-order valence-corrected chi connectivity index (χ2v) is 3.25. The summed E-state index contributed by atoms with van der Waals surface area (Å²) in [6, 6.07) is 7.05. The van der Waals surface area contributed by atoms with Crippen molar-refractivity contribution in [1.82, 2.24) is 14.9 Å². The molecule has 0 saturated heterocycles. The first-order chi connectivity index (χ1) is 8.24. The number of carbonyl (C=O) groups excluding carboxylic acids is 1. The van der Waals surface area contributed by atoms with Crippen molar-refractivity contribution < 1.29 is 9.53 Å². The topological polar surface area (TPSA) is 69.4 Å². The van der Waals surface area contributed by atoms with E-state index in [1.54, 1.807) is 24.4 Å². The van der Waals surface area contributed by atoms with Gasteiger partial charge >= 0.3 is 5.97 Å². The third kappa shape index (κ3) is 3.23. The first-order valence-electron chi connectivity index (χ1n) is 4.91. The van der Waals surface area contributed by atoms with Crippen molar-refractivity contribution in [1.29, 1.82) is 0 Å². The fourth-order valence-electron chi connectivity index (χ4n) is 1.21. The van der Waals surface area contributed by atoms with Gasteiger partial charge in [-0.15, -0.1) is 10.2 Å². The third-order valence-corrected chi connectivity index (χ3v) is 1.87. The molecule has 6 heteroatoms. The number of hydrogen-bond acceptors (Lipinski definition) is 5. The van der Waals surface area contributed by atoms with Gasteiger partial charge in [0.15, 0.2) is 0 Å². The molecule has 0 aliphatic rings. The molecule has 1 heterocycles. The molecule has 0 amide bonds. The van der Waals surface area contributed by atoms with Crippen LogP contribution in [0.3, 0.4) is 0 Å². The lowest BCUT2D eigenvalue weighted by Crippen LogP contribution is -2.01. The standard InChI is InChI=1S/C11H10N4O2/c1-9(16)17-11-4-2-3-10(5-11)6-14-15-7-12-13-8-15/h2-8H,1H3. The van der Waals surface area contributed by atoms with E-state index in [0.29, 0.717) is 5.75 Å². The summed E-state index contributed by atoms with van der Waals surface area (Å²) in [5, 5.41) is 11.3. The highest BCUT2D eigenvalue weighted by atomic mass is 16.5. The predicted molar refractivity (Wildman–Crippen MR) is 60.8 cm³/mol. The van der Waals surface area contributed by atoms with E-state index in [9.17, 15) is 4.79 Å². The Morgan fingerprint density at radius 1 is 1.41 bits per heavy atom. The van der Waals surface area contributed by atoms with Gasteiger partial charge in [-0.2, -0.15) is 5.10 Å². The van der Waals surface area contributed by atoms with Crippen LogP contribution in [0.25, 0.3) is 0 Å². The summed E-state index contributed by atoms with van der Waals surface area (Å²) in [6.45, 7) is 1.36. The first-order valence-corrected chi connectivity index (χ1v) is 4.91. The summed E-state index contributed by atoms with van der Waals surface area (Å²) in [4.78, 5) is 10.8. The molecule has 0 saturated carbocycles. The van der Waals surface area contributed by atoms with E-state index in [1.165, 1.54) is 24.3 Å². The van der Waals surface area contributed by atoms with Crippen LogP contribution in [0.2, 0.25) is 0 Å². The zero-order chi connectivity index (χ0) is 12.1. The molecular formula is C11H10N4O2. The van der Waals surface area contributed by atoms with Gasteiger partial charge < -0.3 is 4.74 Å². The molecule has 0 fully saturated rings. The summed E-state index contributed by atoms with van der Waals surface area (Å²) in [5.41, 5.74) is 0.817. The van der Waals surface area contributed by atoms with Gasteiger partial charge in [0.25, 0.3) is 0 Å². The Labute approximate surface area is 97.6 Å².